The van der Waals surface area contributed by atoms with Gasteiger partial charge >= 0.3 is 0 Å². The smallest absolute Gasteiger partial charge is 0.122 e. The summed E-state index contributed by atoms with van der Waals surface area (Å²) in [6.07, 6.45) is 0.656. The number of hydrogen-bond acceptors (Lipinski definition) is 2. The second-order valence-corrected chi connectivity index (χ2v) is 2.77. The molecule has 0 atom stereocenters. The van der Waals surface area contributed by atoms with Crippen molar-refractivity contribution in [2.24, 2.45) is 5.73 Å². The minimum Gasteiger partial charge on any atom is -0.496 e. The van der Waals surface area contributed by atoms with Gasteiger partial charge in [0.25, 0.3) is 0 Å². The van der Waals surface area contributed by atoms with Crippen LogP contribution in [0.2, 0.25) is 0 Å². The van der Waals surface area contributed by atoms with Gasteiger partial charge in [0.2, 0.25) is 0 Å². The van der Waals surface area contributed by atoms with Crippen LogP contribution in [0.15, 0.2) is 18.2 Å². The Labute approximate surface area is 77.5 Å². The summed E-state index contributed by atoms with van der Waals surface area (Å²) in [5.74, 6) is 0.723. The minimum absolute atomic E-state index is 0.466. The molecule has 0 heterocycles. The Morgan fingerprint density at radius 1 is 1.46 bits per heavy atom. The van der Waals surface area contributed by atoms with Crippen LogP contribution in [0.4, 0.5) is 4.39 Å². The van der Waals surface area contributed by atoms with Gasteiger partial charge in [-0.25, -0.2) is 4.39 Å². The van der Waals surface area contributed by atoms with Crippen molar-refractivity contribution in [2.75, 3.05) is 13.7 Å². The number of benzene rings is 1. The first kappa shape index (κ1) is 9.99. The quantitative estimate of drug-likeness (QED) is 0.770. The van der Waals surface area contributed by atoms with E-state index in [9.17, 15) is 4.39 Å². The fourth-order valence-corrected chi connectivity index (χ4v) is 1.36. The summed E-state index contributed by atoms with van der Waals surface area (Å²) >= 11 is 0. The third-order valence-corrected chi connectivity index (χ3v) is 1.99. The maximum atomic E-state index is 12.5. The molecule has 72 valence electrons. The molecule has 0 unspecified atom stereocenters. The maximum Gasteiger partial charge on any atom is 0.122 e. The number of ether oxygens (including phenoxy) is 1. The zero-order valence-electron chi connectivity index (χ0n) is 7.72. The Hall–Kier alpha value is -1.09. The number of nitrogens with two attached hydrogens (primary N) is 1. The van der Waals surface area contributed by atoms with Crippen LogP contribution in [0.3, 0.4) is 0 Å². The maximum absolute atomic E-state index is 12.5. The molecular weight excluding hydrogens is 169 g/mol. The minimum atomic E-state index is -0.466. The Balaban J connectivity index is 3.05. The van der Waals surface area contributed by atoms with Crippen LogP contribution in [0.5, 0.6) is 5.75 Å². The molecule has 2 N–H and O–H groups in total. The molecule has 1 aromatic rings. The van der Waals surface area contributed by atoms with E-state index in [2.05, 4.69) is 0 Å². The number of alkyl halides is 1. The molecule has 0 saturated carbocycles. The lowest BCUT2D eigenvalue weighted by molar-refractivity contribution is 0.405. The molecule has 2 nitrogen and oxygen atoms in total. The largest absolute Gasteiger partial charge is 0.496 e. The molecule has 0 bridgehead atoms. The topological polar surface area (TPSA) is 35.2 Å². The molecule has 0 aliphatic carbocycles. The molecule has 0 radical (unpaired) electrons. The Morgan fingerprint density at radius 2 is 2.23 bits per heavy atom. The summed E-state index contributed by atoms with van der Waals surface area (Å²) < 4.78 is 17.6. The molecule has 1 aromatic carbocycles. The molecular formula is C10H14FNO. The lowest BCUT2D eigenvalue weighted by Gasteiger charge is -2.10. The van der Waals surface area contributed by atoms with Gasteiger partial charge in [0.05, 0.1) is 7.11 Å². The van der Waals surface area contributed by atoms with E-state index in [1.54, 1.807) is 19.2 Å². The summed E-state index contributed by atoms with van der Waals surface area (Å²) in [7, 11) is 1.58. The van der Waals surface area contributed by atoms with Gasteiger partial charge in [0.1, 0.15) is 12.4 Å². The van der Waals surface area contributed by atoms with Crippen LogP contribution >= 0.6 is 0 Å². The van der Waals surface area contributed by atoms with E-state index in [-0.39, 0.29) is 0 Å². The third kappa shape index (κ3) is 2.18. The molecule has 3 heteroatoms. The van der Waals surface area contributed by atoms with Gasteiger partial charge in [0.15, 0.2) is 0 Å². The van der Waals surface area contributed by atoms with E-state index in [4.69, 9.17) is 10.5 Å². The molecule has 0 aliphatic rings. The van der Waals surface area contributed by atoms with Crippen LogP contribution in [-0.2, 0) is 13.1 Å². The average Bonchev–Trinajstić information content (AvgIpc) is 2.18. The van der Waals surface area contributed by atoms with E-state index in [1.807, 2.05) is 6.07 Å². The summed E-state index contributed by atoms with van der Waals surface area (Å²) in [5, 5.41) is 0. The number of methoxy groups -OCH3 is 1. The van der Waals surface area contributed by atoms with Crippen LogP contribution < -0.4 is 10.5 Å². The fourth-order valence-electron chi connectivity index (χ4n) is 1.36. The monoisotopic (exact) mass is 183 g/mol. The van der Waals surface area contributed by atoms with Crippen LogP contribution in [0.1, 0.15) is 11.1 Å². The second kappa shape index (κ2) is 4.82. The van der Waals surface area contributed by atoms with Gasteiger partial charge in [-0.15, -0.1) is 0 Å². The molecule has 0 aromatic heterocycles. The normalized spacial score (nSPS) is 10.1. The standard InChI is InChI=1S/C10H14FNO/c1-13-10-4-2-3-8(7-11)9(10)5-6-12/h2-4H,5-7,12H2,1H3. The highest BCUT2D eigenvalue weighted by molar-refractivity contribution is 5.40. The number of halogens is 1. The molecule has 0 spiro atoms. The summed E-state index contributed by atoms with van der Waals surface area (Å²) in [5.41, 5.74) is 6.99. The lowest BCUT2D eigenvalue weighted by atomic mass is 10.0. The van der Waals surface area contributed by atoms with Gasteiger partial charge in [-0.1, -0.05) is 12.1 Å². The first-order valence-corrected chi connectivity index (χ1v) is 4.24. The first-order valence-electron chi connectivity index (χ1n) is 4.24. The third-order valence-electron chi connectivity index (χ3n) is 1.99. The molecule has 0 fully saturated rings. The van der Waals surface area contributed by atoms with Crippen molar-refractivity contribution in [3.63, 3.8) is 0 Å². The zero-order chi connectivity index (χ0) is 9.68. The predicted octanol–water partition coefficient (Wildman–Crippen LogP) is 1.67. The highest BCUT2D eigenvalue weighted by Gasteiger charge is 2.07. The van der Waals surface area contributed by atoms with Crippen molar-refractivity contribution in [1.82, 2.24) is 0 Å². The molecule has 1 rings (SSSR count). The van der Waals surface area contributed by atoms with E-state index < -0.39 is 6.67 Å². The van der Waals surface area contributed by atoms with Crippen LogP contribution in [0.25, 0.3) is 0 Å². The van der Waals surface area contributed by atoms with E-state index in [0.29, 0.717) is 18.5 Å². The number of rotatable bonds is 4. The van der Waals surface area contributed by atoms with Crippen molar-refractivity contribution in [3.8, 4) is 5.75 Å². The molecule has 13 heavy (non-hydrogen) atoms. The first-order chi connectivity index (χ1) is 6.33. The van der Waals surface area contributed by atoms with E-state index in [1.165, 1.54) is 0 Å². The van der Waals surface area contributed by atoms with Gasteiger partial charge in [-0.05, 0) is 24.6 Å². The van der Waals surface area contributed by atoms with Gasteiger partial charge in [-0.3, -0.25) is 0 Å². The molecule has 0 saturated heterocycles. The Kier molecular flexibility index (Phi) is 3.71. The zero-order valence-corrected chi connectivity index (χ0v) is 7.72. The van der Waals surface area contributed by atoms with Crippen LogP contribution in [0, 0.1) is 0 Å². The van der Waals surface area contributed by atoms with Crippen molar-refractivity contribution in [2.45, 2.75) is 13.1 Å². The van der Waals surface area contributed by atoms with E-state index in [0.717, 1.165) is 11.3 Å². The Morgan fingerprint density at radius 3 is 2.77 bits per heavy atom. The highest BCUT2D eigenvalue weighted by Crippen LogP contribution is 2.23. The van der Waals surface area contributed by atoms with E-state index >= 15 is 0 Å². The highest BCUT2D eigenvalue weighted by atomic mass is 19.1. The average molecular weight is 183 g/mol. The SMILES string of the molecule is COc1cccc(CF)c1CCN. The van der Waals surface area contributed by atoms with Crippen molar-refractivity contribution in [1.29, 1.82) is 0 Å². The lowest BCUT2D eigenvalue weighted by Crippen LogP contribution is -2.06. The van der Waals surface area contributed by atoms with Crippen molar-refractivity contribution >= 4 is 0 Å². The second-order valence-electron chi connectivity index (χ2n) is 2.77. The summed E-state index contributed by atoms with van der Waals surface area (Å²) in [6, 6.07) is 5.37. The summed E-state index contributed by atoms with van der Waals surface area (Å²) in [4.78, 5) is 0. The summed E-state index contributed by atoms with van der Waals surface area (Å²) in [6.45, 7) is 0.0416. The van der Waals surface area contributed by atoms with Crippen molar-refractivity contribution in [3.05, 3.63) is 29.3 Å². The van der Waals surface area contributed by atoms with Crippen LogP contribution in [-0.4, -0.2) is 13.7 Å². The van der Waals surface area contributed by atoms with Gasteiger partial charge in [-0.2, -0.15) is 0 Å². The van der Waals surface area contributed by atoms with Gasteiger partial charge < -0.3 is 10.5 Å². The molecule has 0 amide bonds. The van der Waals surface area contributed by atoms with Gasteiger partial charge in [0, 0.05) is 5.56 Å². The molecule has 0 aliphatic heterocycles. The predicted molar refractivity (Wildman–Crippen MR) is 50.6 cm³/mol. The van der Waals surface area contributed by atoms with Crippen molar-refractivity contribution < 1.29 is 9.13 Å². The Bertz CT molecular complexity index is 253. The fraction of sp³-hybridized carbons (Fsp3) is 0.400. The number of hydrogen-bond donors (Lipinski definition) is 1.